The maximum atomic E-state index is 11.6. The van der Waals surface area contributed by atoms with Crippen LogP contribution in [0.25, 0.3) is 0 Å². The van der Waals surface area contributed by atoms with Crippen molar-refractivity contribution in [3.63, 3.8) is 0 Å². The van der Waals surface area contributed by atoms with Gasteiger partial charge in [-0.15, -0.1) is 0 Å². The van der Waals surface area contributed by atoms with E-state index >= 15 is 0 Å². The lowest BCUT2D eigenvalue weighted by atomic mass is 9.84. The summed E-state index contributed by atoms with van der Waals surface area (Å²) < 4.78 is 5.34. The zero-order chi connectivity index (χ0) is 20.9. The SMILES string of the molecule is COc1ccc(C)cc1C(=S)Nc1ccc(C(C)(C)CNC=O)cc1[N+](=O)[O-]. The minimum absolute atomic E-state index is 0.0920. The number of methoxy groups -OCH3 is 1. The van der Waals surface area contributed by atoms with Crippen molar-refractivity contribution in [1.29, 1.82) is 0 Å². The number of hydrogen-bond acceptors (Lipinski definition) is 5. The van der Waals surface area contributed by atoms with E-state index in [0.29, 0.717) is 34.9 Å². The molecule has 2 aromatic carbocycles. The van der Waals surface area contributed by atoms with Gasteiger partial charge in [-0.1, -0.05) is 43.8 Å². The second kappa shape index (κ2) is 8.79. The number of thiocarbonyl (C=S) groups is 1. The fourth-order valence-corrected chi connectivity index (χ4v) is 3.07. The number of nitrogens with one attached hydrogen (secondary N) is 2. The molecule has 0 aromatic heterocycles. The maximum Gasteiger partial charge on any atom is 0.292 e. The minimum Gasteiger partial charge on any atom is -0.496 e. The minimum atomic E-state index is -0.468. The summed E-state index contributed by atoms with van der Waals surface area (Å²) in [6.45, 7) is 6.09. The first-order valence-corrected chi connectivity index (χ1v) is 9.02. The van der Waals surface area contributed by atoms with Gasteiger partial charge in [0.25, 0.3) is 5.69 Å². The Morgan fingerprint density at radius 2 is 2.00 bits per heavy atom. The Bertz CT molecular complexity index is 912. The summed E-state index contributed by atoms with van der Waals surface area (Å²) in [7, 11) is 1.55. The molecule has 0 saturated carbocycles. The molecular weight excluding hydrogens is 378 g/mol. The molecule has 0 atom stereocenters. The monoisotopic (exact) mass is 401 g/mol. The third kappa shape index (κ3) is 4.83. The second-order valence-corrected chi connectivity index (χ2v) is 7.44. The van der Waals surface area contributed by atoms with E-state index in [2.05, 4.69) is 10.6 Å². The zero-order valence-corrected chi connectivity index (χ0v) is 17.1. The van der Waals surface area contributed by atoms with Crippen molar-refractivity contribution in [2.45, 2.75) is 26.2 Å². The smallest absolute Gasteiger partial charge is 0.292 e. The number of carbonyl (C=O) groups is 1. The van der Waals surface area contributed by atoms with Gasteiger partial charge >= 0.3 is 0 Å². The Morgan fingerprint density at radius 3 is 2.61 bits per heavy atom. The molecule has 0 aliphatic rings. The first-order chi connectivity index (χ1) is 13.2. The summed E-state index contributed by atoms with van der Waals surface area (Å²) in [5.41, 5.74) is 2.12. The van der Waals surface area contributed by atoms with Crippen molar-refractivity contribution in [3.8, 4) is 5.75 Å². The Kier molecular flexibility index (Phi) is 6.69. The van der Waals surface area contributed by atoms with Crippen LogP contribution >= 0.6 is 12.2 Å². The Labute approximate surface area is 169 Å². The van der Waals surface area contributed by atoms with E-state index in [1.54, 1.807) is 25.3 Å². The Hall–Kier alpha value is -3.00. The fraction of sp³-hybridized carbons (Fsp3) is 0.300. The van der Waals surface area contributed by atoms with Crippen molar-refractivity contribution >= 4 is 35.0 Å². The average Bonchev–Trinajstić information content (AvgIpc) is 2.66. The molecule has 0 radical (unpaired) electrons. The third-order valence-corrected chi connectivity index (χ3v) is 4.77. The lowest BCUT2D eigenvalue weighted by Crippen LogP contribution is -2.32. The number of aryl methyl sites for hydroxylation is 1. The first kappa shape index (κ1) is 21.3. The lowest BCUT2D eigenvalue weighted by molar-refractivity contribution is -0.384. The number of nitrogens with zero attached hydrogens (tertiary/aromatic N) is 1. The molecule has 2 N–H and O–H groups in total. The van der Waals surface area contributed by atoms with Crippen molar-refractivity contribution in [2.24, 2.45) is 0 Å². The molecule has 7 nitrogen and oxygen atoms in total. The summed E-state index contributed by atoms with van der Waals surface area (Å²) in [5.74, 6) is 0.587. The number of nitro benzene ring substituents is 1. The molecule has 28 heavy (non-hydrogen) atoms. The normalized spacial score (nSPS) is 10.9. The predicted molar refractivity (Wildman–Crippen MR) is 113 cm³/mol. The molecule has 1 amide bonds. The van der Waals surface area contributed by atoms with Crippen LogP contribution in [-0.4, -0.2) is 30.0 Å². The number of carbonyl (C=O) groups excluding carboxylic acids is 1. The maximum absolute atomic E-state index is 11.6. The van der Waals surface area contributed by atoms with E-state index in [9.17, 15) is 14.9 Å². The quantitative estimate of drug-likeness (QED) is 0.303. The largest absolute Gasteiger partial charge is 0.496 e. The van der Waals surface area contributed by atoms with Gasteiger partial charge in [-0.05, 0) is 30.7 Å². The van der Waals surface area contributed by atoms with E-state index in [0.717, 1.165) is 11.1 Å². The molecule has 0 fully saturated rings. The van der Waals surface area contributed by atoms with Gasteiger partial charge in [-0.3, -0.25) is 14.9 Å². The van der Waals surface area contributed by atoms with Gasteiger partial charge in [0.1, 0.15) is 16.4 Å². The van der Waals surface area contributed by atoms with Gasteiger partial charge < -0.3 is 15.4 Å². The van der Waals surface area contributed by atoms with Gasteiger partial charge in [0.05, 0.1) is 17.6 Å². The van der Waals surface area contributed by atoms with E-state index in [-0.39, 0.29) is 5.69 Å². The van der Waals surface area contributed by atoms with Gasteiger partial charge in [-0.2, -0.15) is 0 Å². The van der Waals surface area contributed by atoms with Crippen LogP contribution in [0, 0.1) is 17.0 Å². The summed E-state index contributed by atoms with van der Waals surface area (Å²) in [6, 6.07) is 10.5. The van der Waals surface area contributed by atoms with E-state index in [1.807, 2.05) is 32.9 Å². The summed E-state index contributed by atoms with van der Waals surface area (Å²) >= 11 is 5.46. The number of amides is 1. The molecule has 0 saturated heterocycles. The highest BCUT2D eigenvalue weighted by molar-refractivity contribution is 7.81. The van der Waals surface area contributed by atoms with Gasteiger partial charge in [0.2, 0.25) is 6.41 Å². The van der Waals surface area contributed by atoms with Crippen LogP contribution < -0.4 is 15.4 Å². The number of rotatable bonds is 8. The molecule has 0 aliphatic carbocycles. The number of hydrogen-bond donors (Lipinski definition) is 2. The molecule has 0 heterocycles. The van der Waals surface area contributed by atoms with Crippen LogP contribution in [0.5, 0.6) is 5.75 Å². The highest BCUT2D eigenvalue weighted by Crippen LogP contribution is 2.32. The molecule has 0 aliphatic heterocycles. The molecule has 2 rings (SSSR count). The number of ether oxygens (including phenoxy) is 1. The fourth-order valence-electron chi connectivity index (χ4n) is 2.80. The van der Waals surface area contributed by atoms with Crippen LogP contribution in [0.1, 0.15) is 30.5 Å². The second-order valence-electron chi connectivity index (χ2n) is 7.03. The average molecular weight is 401 g/mol. The molecule has 148 valence electrons. The number of benzene rings is 2. The van der Waals surface area contributed by atoms with Crippen LogP contribution in [-0.2, 0) is 10.2 Å². The zero-order valence-electron chi connectivity index (χ0n) is 16.2. The number of nitro groups is 1. The molecular formula is C20H23N3O4S. The van der Waals surface area contributed by atoms with E-state index in [4.69, 9.17) is 17.0 Å². The first-order valence-electron chi connectivity index (χ1n) is 8.61. The van der Waals surface area contributed by atoms with Crippen molar-refractivity contribution < 1.29 is 14.5 Å². The molecule has 0 spiro atoms. The molecule has 0 unspecified atom stereocenters. The topological polar surface area (TPSA) is 93.5 Å². The van der Waals surface area contributed by atoms with E-state index in [1.165, 1.54) is 6.07 Å². The lowest BCUT2D eigenvalue weighted by Gasteiger charge is -2.25. The Balaban J connectivity index is 2.38. The highest BCUT2D eigenvalue weighted by Gasteiger charge is 2.25. The molecule has 2 aromatic rings. The van der Waals surface area contributed by atoms with Crippen LogP contribution in [0.2, 0.25) is 0 Å². The van der Waals surface area contributed by atoms with Gasteiger partial charge in [-0.25, -0.2) is 0 Å². The summed E-state index contributed by atoms with van der Waals surface area (Å²) in [6.07, 6.45) is 0.611. The standard InChI is InChI=1S/C20H23N3O4S/c1-13-5-8-18(27-4)15(9-13)19(28)22-16-7-6-14(10-17(16)23(25)26)20(2,3)11-21-12-24/h5-10,12H,11H2,1-4H3,(H,21,24)(H,22,28). The van der Waals surface area contributed by atoms with Crippen molar-refractivity contribution in [1.82, 2.24) is 5.32 Å². The van der Waals surface area contributed by atoms with Crippen LogP contribution in [0.15, 0.2) is 36.4 Å². The Morgan fingerprint density at radius 1 is 1.29 bits per heavy atom. The van der Waals surface area contributed by atoms with Gasteiger partial charge in [0.15, 0.2) is 0 Å². The predicted octanol–water partition coefficient (Wildman–Crippen LogP) is 3.72. The molecule has 8 heteroatoms. The highest BCUT2D eigenvalue weighted by atomic mass is 32.1. The van der Waals surface area contributed by atoms with Crippen molar-refractivity contribution in [3.05, 3.63) is 63.2 Å². The third-order valence-electron chi connectivity index (χ3n) is 4.45. The van der Waals surface area contributed by atoms with Crippen LogP contribution in [0.4, 0.5) is 11.4 Å². The van der Waals surface area contributed by atoms with Gasteiger partial charge in [0, 0.05) is 18.0 Å². The van der Waals surface area contributed by atoms with Crippen molar-refractivity contribution in [2.75, 3.05) is 19.0 Å². The van der Waals surface area contributed by atoms with E-state index < -0.39 is 10.3 Å². The van der Waals surface area contributed by atoms with Crippen LogP contribution in [0.3, 0.4) is 0 Å². The summed E-state index contributed by atoms with van der Waals surface area (Å²) in [5, 5.41) is 17.2. The summed E-state index contributed by atoms with van der Waals surface area (Å²) in [4.78, 5) is 22.1. The molecule has 0 bridgehead atoms. The number of anilines is 1.